The van der Waals surface area contributed by atoms with E-state index in [2.05, 4.69) is 70.4 Å². The molecular weight excluding hydrogens is 1520 g/mol. The summed E-state index contributed by atoms with van der Waals surface area (Å²) < 4.78 is 13.2. The van der Waals surface area contributed by atoms with Crippen molar-refractivity contribution >= 4 is 70.9 Å². The first-order valence-corrected chi connectivity index (χ1v) is 41.0. The minimum atomic E-state index is -1.77. The molecule has 0 radical (unpaired) electrons. The Morgan fingerprint density at radius 3 is 1.58 bits per heavy atom. The highest BCUT2D eigenvalue weighted by Gasteiger charge is 2.47. The lowest BCUT2D eigenvalue weighted by molar-refractivity contribution is -0.270. The van der Waals surface area contributed by atoms with Crippen LogP contribution in [-0.2, 0) is 106 Å². The normalized spacial score (nSPS) is 25.2. The highest BCUT2D eigenvalue weighted by Crippen LogP contribution is 2.25. The van der Waals surface area contributed by atoms with Gasteiger partial charge in [-0.2, -0.15) is 0 Å². The van der Waals surface area contributed by atoms with Crippen LogP contribution >= 0.6 is 0 Å². The maximum Gasteiger partial charge on any atom is 0.246 e. The molecule has 3 saturated heterocycles. The molecule has 5 aromatic rings. The fraction of sp³-hybridized carbons (Fsp3) is 0.548. The third kappa shape index (κ3) is 28.8. The Labute approximate surface area is 687 Å². The number of aliphatic hydroxyl groups is 3. The summed E-state index contributed by atoms with van der Waals surface area (Å²) >= 11 is 0. The molecule has 0 bridgehead atoms. The van der Waals surface area contributed by atoms with Gasteiger partial charge in [0.15, 0.2) is 6.29 Å². The van der Waals surface area contributed by atoms with E-state index < -0.39 is 194 Å². The zero-order chi connectivity index (χ0) is 85.4. The number of nitrogens with zero attached hydrogens (tertiary/aromatic N) is 4. The van der Waals surface area contributed by atoms with Gasteiger partial charge in [-0.25, -0.2) is 4.68 Å². The number of ether oxygens (including phenoxy) is 2. The molecule has 8 rings (SSSR count). The molecular formula is C84H118N16O18. The average Bonchev–Trinajstić information content (AvgIpc) is 1.39. The van der Waals surface area contributed by atoms with Gasteiger partial charge in [-0.3, -0.25) is 57.5 Å². The molecule has 4 aromatic carbocycles. The first-order valence-electron chi connectivity index (χ1n) is 41.0. The smallest absolute Gasteiger partial charge is 0.246 e. The van der Waals surface area contributed by atoms with Crippen LogP contribution in [0.4, 0.5) is 0 Å². The van der Waals surface area contributed by atoms with Gasteiger partial charge >= 0.3 is 0 Å². The Balaban J connectivity index is 1.19. The monoisotopic (exact) mass is 1640 g/mol. The van der Waals surface area contributed by atoms with Gasteiger partial charge < -0.3 is 99.4 Å². The van der Waals surface area contributed by atoms with Crippen molar-refractivity contribution in [1.29, 1.82) is 0 Å². The fourth-order valence-electron chi connectivity index (χ4n) is 14.5. The van der Waals surface area contributed by atoms with Gasteiger partial charge in [-0.05, 0) is 97.7 Å². The largest absolute Gasteiger partial charge is 0.508 e. The topological polar surface area (TPSA) is 511 Å². The second-order valence-electron chi connectivity index (χ2n) is 31.3. The van der Waals surface area contributed by atoms with E-state index in [1.54, 1.807) is 105 Å². The molecule has 0 unspecified atom stereocenters. The molecule has 3 aliphatic heterocycles. The molecule has 15 atom stereocenters. The highest BCUT2D eigenvalue weighted by atomic mass is 16.7. The number of hydrogen-bond donors (Lipinski definition) is 16. The van der Waals surface area contributed by atoms with E-state index in [1.807, 2.05) is 13.8 Å². The molecule has 18 N–H and O–H groups in total. The number of carbonyl (C=O) groups excluding carboxylic acids is 12. The molecule has 34 heteroatoms. The lowest BCUT2D eigenvalue weighted by Gasteiger charge is -2.42. The Hall–Kier alpha value is -10.8. The van der Waals surface area contributed by atoms with Crippen molar-refractivity contribution in [3.63, 3.8) is 0 Å². The molecule has 0 aliphatic carbocycles. The standard InChI is InChI=1S/C84H118N16O18/c1-6-7-8-9-10-20-31-69(104)95-71-73(106)72(105)67(49-101)118-84(71)117-41-40-99-48-56(97-98-99)47-64-79(112)87-59(36-37-68(86)103)75(108)90-63(45-55-32-34-57(102)35-33-55)80(113)96-70(51(4)5)82(115)88-58(29-21-38-85)74(107)89-60(42-50(2)3)76(109)94-65(46-54-27-18-13-19-28-54)83(116)100-39-22-30-66(100)81(114)93-62(44-53-25-16-12-17-26-53)78(111)91-61(77(110)92-64)43-52-23-14-11-15-24-52/h11-19,23-28,32-35,48,50-51,58-67,70-73,84,101-102,105-106H,6-10,20-22,29-31,36-47,49,85H2,1-5H3,(H2,86,103)(H,87,112)(H,88,115)(H,89,107)(H,90,108)(H,91,111)(H,92,110)(H,93,114)(H,94,109)(H,95,104)(H,96,113)/t58-,59-,60-,61+,62-,63-,64-,65+,66-,67+,70-,71+,72+,73+,84+/m0/s1. The van der Waals surface area contributed by atoms with Gasteiger partial charge in [0.2, 0.25) is 70.9 Å². The van der Waals surface area contributed by atoms with Crippen molar-refractivity contribution in [2.24, 2.45) is 23.3 Å². The number of aromatic hydroxyl groups is 1. The SMILES string of the molecule is CCCCCCCCC(=O)N[C@H]1[C@H](OCCn2cc(C[C@@H]3NC(=O)[C@@H](Cc4ccccc4)NC(=O)[C@H](Cc4ccccc4)NC(=O)[C@@H]4CCCN4C(=O)[C@@H](Cc4ccccc4)NC(=O)[C@H](CC(C)C)NC(=O)[C@H](CCCN)NC(=O)[C@H](C(C)C)NC(=O)[C@H](Cc4ccc(O)cc4)NC(=O)[C@H](CCC(N)=O)NC3=O)nn2)O[C@H](CO)[C@@H](O)[C@@H]1O. The number of unbranched alkanes of at least 4 members (excludes halogenated alkanes) is 5. The van der Waals surface area contributed by atoms with Crippen molar-refractivity contribution in [1.82, 2.24) is 73.1 Å². The number of carbonyl (C=O) groups is 12. The third-order valence-electron chi connectivity index (χ3n) is 21.0. The number of phenols is 1. The molecule has 3 fully saturated rings. The Morgan fingerprint density at radius 2 is 1.03 bits per heavy atom. The van der Waals surface area contributed by atoms with Crippen molar-refractivity contribution in [3.05, 3.63) is 149 Å². The van der Waals surface area contributed by atoms with Crippen molar-refractivity contribution in [2.45, 2.75) is 254 Å². The van der Waals surface area contributed by atoms with E-state index >= 15 is 33.6 Å². The van der Waals surface area contributed by atoms with Gasteiger partial charge in [0.1, 0.15) is 90.5 Å². The van der Waals surface area contributed by atoms with E-state index in [0.717, 1.165) is 32.1 Å². The summed E-state index contributed by atoms with van der Waals surface area (Å²) in [6.45, 7) is 8.02. The second-order valence-corrected chi connectivity index (χ2v) is 31.3. The summed E-state index contributed by atoms with van der Waals surface area (Å²) in [5.41, 5.74) is 13.8. The Morgan fingerprint density at radius 1 is 0.559 bits per heavy atom. The molecule has 12 amide bonds. The Kier molecular flexibility index (Phi) is 36.9. The van der Waals surface area contributed by atoms with Crippen LogP contribution in [0.2, 0.25) is 0 Å². The lowest BCUT2D eigenvalue weighted by atomic mass is 9.96. The van der Waals surface area contributed by atoms with E-state index in [1.165, 1.54) is 40.0 Å². The minimum Gasteiger partial charge on any atom is -0.508 e. The number of hydrogen-bond acceptors (Lipinski definition) is 21. The van der Waals surface area contributed by atoms with Gasteiger partial charge in [0.05, 0.1) is 25.5 Å². The number of nitrogens with one attached hydrogen (secondary N) is 10. The second kappa shape index (κ2) is 47.0. The van der Waals surface area contributed by atoms with Gasteiger partial charge in [0, 0.05) is 57.7 Å². The number of nitrogens with two attached hydrogens (primary N) is 2. The zero-order valence-electron chi connectivity index (χ0n) is 67.8. The summed E-state index contributed by atoms with van der Waals surface area (Å²) in [7, 11) is 0. The molecule has 0 spiro atoms. The summed E-state index contributed by atoms with van der Waals surface area (Å²) in [4.78, 5) is 179. The maximum atomic E-state index is 15.6. The summed E-state index contributed by atoms with van der Waals surface area (Å²) in [6, 6.07) is 15.5. The quantitative estimate of drug-likeness (QED) is 0.0257. The number of rotatable bonds is 32. The molecule has 34 nitrogen and oxygen atoms in total. The molecule has 4 heterocycles. The van der Waals surface area contributed by atoms with Crippen LogP contribution in [0.1, 0.15) is 152 Å². The van der Waals surface area contributed by atoms with Crippen LogP contribution in [-0.4, -0.2) is 229 Å². The van der Waals surface area contributed by atoms with Crippen LogP contribution in [0.25, 0.3) is 0 Å². The highest BCUT2D eigenvalue weighted by molar-refractivity contribution is 6.00. The number of aliphatic hydroxyl groups excluding tert-OH is 3. The molecule has 1 aromatic heterocycles. The van der Waals surface area contributed by atoms with Crippen molar-refractivity contribution < 1.29 is 87.4 Å². The number of phenolic OH excluding ortho intramolecular Hbond substituents is 1. The van der Waals surface area contributed by atoms with Gasteiger partial charge in [-0.15, -0.1) is 5.10 Å². The van der Waals surface area contributed by atoms with Crippen molar-refractivity contribution in [2.75, 3.05) is 26.3 Å². The van der Waals surface area contributed by atoms with E-state index in [9.17, 15) is 44.4 Å². The fourth-order valence-corrected chi connectivity index (χ4v) is 14.5. The average molecular weight is 1640 g/mol. The number of aromatic nitrogens is 3. The summed E-state index contributed by atoms with van der Waals surface area (Å²) in [5, 5.41) is 78.8. The van der Waals surface area contributed by atoms with Crippen LogP contribution in [0.5, 0.6) is 5.75 Å². The lowest BCUT2D eigenvalue weighted by Crippen LogP contribution is -2.64. The molecule has 642 valence electrons. The summed E-state index contributed by atoms with van der Waals surface area (Å²) in [5.74, 6) is -11.2. The van der Waals surface area contributed by atoms with Gasteiger partial charge in [0.25, 0.3) is 0 Å². The number of fused-ring (bicyclic) bond motifs is 1. The third-order valence-corrected chi connectivity index (χ3v) is 21.0. The predicted molar refractivity (Wildman–Crippen MR) is 433 cm³/mol. The maximum absolute atomic E-state index is 15.6. The van der Waals surface area contributed by atoms with E-state index in [-0.39, 0.29) is 101 Å². The van der Waals surface area contributed by atoms with E-state index in [0.29, 0.717) is 35.1 Å². The van der Waals surface area contributed by atoms with Crippen LogP contribution in [0, 0.1) is 11.8 Å². The van der Waals surface area contributed by atoms with Crippen LogP contribution in [0.3, 0.4) is 0 Å². The molecule has 118 heavy (non-hydrogen) atoms. The van der Waals surface area contributed by atoms with Crippen LogP contribution in [0.15, 0.2) is 121 Å². The van der Waals surface area contributed by atoms with E-state index in [4.69, 9.17) is 20.9 Å². The van der Waals surface area contributed by atoms with Gasteiger partial charge in [-0.1, -0.05) is 175 Å². The number of benzene rings is 4. The number of primary amides is 1. The molecule has 0 saturated carbocycles. The first kappa shape index (κ1) is 92.7. The van der Waals surface area contributed by atoms with Crippen molar-refractivity contribution in [3.8, 4) is 5.75 Å². The molecule has 3 aliphatic rings. The summed E-state index contributed by atoms with van der Waals surface area (Å²) in [6.07, 6.45) is -0.630. The van der Waals surface area contributed by atoms with Crippen LogP contribution < -0.4 is 64.6 Å². The first-order chi connectivity index (χ1) is 56.6. The Bertz CT molecular complexity index is 4110. The number of amides is 12. The minimum absolute atomic E-state index is 0.0295. The predicted octanol–water partition coefficient (Wildman–Crippen LogP) is 0.262. The zero-order valence-corrected chi connectivity index (χ0v) is 67.8.